The lowest BCUT2D eigenvalue weighted by Gasteiger charge is -2.06. The smallest absolute Gasteiger partial charge is 0.313 e. The summed E-state index contributed by atoms with van der Waals surface area (Å²) in [6.07, 6.45) is 0. The highest BCUT2D eigenvalue weighted by Crippen LogP contribution is 2.28. The minimum Gasteiger partial charge on any atom is -0.459 e. The van der Waals surface area contributed by atoms with Gasteiger partial charge in [0.1, 0.15) is 23.1 Å². The Kier molecular flexibility index (Phi) is 5.27. The van der Waals surface area contributed by atoms with Crippen molar-refractivity contribution in [3.05, 3.63) is 58.4 Å². The molecule has 2 heterocycles. The molecule has 0 fully saturated rings. The Bertz CT molecular complexity index is 992. The van der Waals surface area contributed by atoms with Crippen LogP contribution in [0, 0.1) is 19.7 Å². The number of aromatic nitrogens is 1. The highest BCUT2D eigenvalue weighted by atomic mass is 35.5. The normalized spacial score (nSPS) is 10.7. The lowest BCUT2D eigenvalue weighted by Crippen LogP contribution is -2.34. The van der Waals surface area contributed by atoms with E-state index < -0.39 is 17.6 Å². The van der Waals surface area contributed by atoms with E-state index in [1.54, 1.807) is 26.0 Å². The number of carbonyl (C=O) groups is 2. The number of anilines is 1. The van der Waals surface area contributed by atoms with Crippen LogP contribution >= 0.6 is 11.6 Å². The molecule has 0 aliphatic carbocycles. The van der Waals surface area contributed by atoms with E-state index in [0.29, 0.717) is 23.0 Å². The summed E-state index contributed by atoms with van der Waals surface area (Å²) in [6.45, 7) is 3.58. The van der Waals surface area contributed by atoms with Gasteiger partial charge in [0.25, 0.3) is 0 Å². The van der Waals surface area contributed by atoms with Crippen molar-refractivity contribution in [2.75, 3.05) is 5.32 Å². The number of carbonyl (C=O) groups excluding carboxylic acids is 2. The van der Waals surface area contributed by atoms with Gasteiger partial charge in [0.05, 0.1) is 22.8 Å². The van der Waals surface area contributed by atoms with E-state index in [1.807, 2.05) is 0 Å². The largest absolute Gasteiger partial charge is 0.459 e. The number of hydrogen-bond donors (Lipinski definition) is 2. The highest BCUT2D eigenvalue weighted by molar-refractivity contribution is 6.39. The second-order valence-corrected chi connectivity index (χ2v) is 6.14. The van der Waals surface area contributed by atoms with Gasteiger partial charge in [-0.15, -0.1) is 0 Å². The fourth-order valence-electron chi connectivity index (χ4n) is 2.45. The zero-order chi connectivity index (χ0) is 19.6. The Labute approximate surface area is 158 Å². The lowest BCUT2D eigenvalue weighted by atomic mass is 10.1. The molecule has 1 aromatic carbocycles. The third-order valence-electron chi connectivity index (χ3n) is 3.75. The minimum atomic E-state index is -0.907. The first-order chi connectivity index (χ1) is 12.8. The van der Waals surface area contributed by atoms with Gasteiger partial charge in [0.2, 0.25) is 0 Å². The Morgan fingerprint density at radius 3 is 2.63 bits per heavy atom. The van der Waals surface area contributed by atoms with E-state index in [0.717, 1.165) is 11.6 Å². The predicted molar refractivity (Wildman–Crippen MR) is 95.6 cm³/mol. The van der Waals surface area contributed by atoms with Crippen LogP contribution < -0.4 is 10.6 Å². The average Bonchev–Trinajstić information content (AvgIpc) is 3.22. The summed E-state index contributed by atoms with van der Waals surface area (Å²) in [5.41, 5.74) is 1.65. The molecule has 0 saturated carbocycles. The van der Waals surface area contributed by atoms with Crippen LogP contribution in [0.5, 0.6) is 0 Å². The second kappa shape index (κ2) is 7.63. The van der Waals surface area contributed by atoms with Crippen LogP contribution in [0.15, 0.2) is 39.3 Å². The van der Waals surface area contributed by atoms with E-state index >= 15 is 0 Å². The van der Waals surface area contributed by atoms with Crippen LogP contribution in [0.4, 0.5) is 10.1 Å². The first-order valence-corrected chi connectivity index (χ1v) is 8.29. The van der Waals surface area contributed by atoms with Gasteiger partial charge in [-0.05, 0) is 44.2 Å². The molecule has 0 bridgehead atoms. The molecule has 0 radical (unpaired) electrons. The Morgan fingerprint density at radius 1 is 1.19 bits per heavy atom. The molecule has 2 amide bonds. The monoisotopic (exact) mass is 391 g/mol. The van der Waals surface area contributed by atoms with Crippen molar-refractivity contribution in [1.82, 2.24) is 10.5 Å². The molecule has 27 heavy (non-hydrogen) atoms. The van der Waals surface area contributed by atoms with Crippen LogP contribution in [0.1, 0.15) is 17.2 Å². The van der Waals surface area contributed by atoms with Crippen molar-refractivity contribution in [2.45, 2.75) is 20.4 Å². The molecule has 0 aliphatic heterocycles. The first kappa shape index (κ1) is 18.7. The topological polar surface area (TPSA) is 97.4 Å². The Morgan fingerprint density at radius 2 is 1.96 bits per heavy atom. The van der Waals surface area contributed by atoms with Gasteiger partial charge in [0, 0.05) is 5.69 Å². The number of furan rings is 1. The molecule has 0 unspecified atom stereocenters. The summed E-state index contributed by atoms with van der Waals surface area (Å²) >= 11 is 5.63. The zero-order valence-electron chi connectivity index (χ0n) is 14.4. The molecule has 0 spiro atoms. The van der Waals surface area contributed by atoms with Crippen LogP contribution in [0.2, 0.25) is 5.02 Å². The predicted octanol–water partition coefficient (Wildman–Crippen LogP) is 3.60. The third-order valence-corrected chi connectivity index (χ3v) is 4.04. The van der Waals surface area contributed by atoms with Crippen molar-refractivity contribution < 1.29 is 22.9 Å². The number of halogens is 2. The highest BCUT2D eigenvalue weighted by Gasteiger charge is 2.17. The van der Waals surface area contributed by atoms with Crippen LogP contribution in [-0.2, 0) is 16.1 Å². The van der Waals surface area contributed by atoms with E-state index in [4.69, 9.17) is 20.5 Å². The van der Waals surface area contributed by atoms with Crippen molar-refractivity contribution in [1.29, 1.82) is 0 Å². The Balaban J connectivity index is 1.59. The molecule has 0 aliphatic rings. The van der Waals surface area contributed by atoms with E-state index in [9.17, 15) is 14.0 Å². The van der Waals surface area contributed by atoms with Crippen LogP contribution in [0.25, 0.3) is 11.3 Å². The summed E-state index contributed by atoms with van der Waals surface area (Å²) in [5, 5.41) is 8.48. The lowest BCUT2D eigenvalue weighted by molar-refractivity contribution is -0.136. The van der Waals surface area contributed by atoms with Crippen LogP contribution in [-0.4, -0.2) is 17.0 Å². The number of nitrogens with zero attached hydrogens (tertiary/aromatic N) is 1. The standard InChI is InChI=1S/C18H15ClFN3O4/c1-9-16(10(2)27-23-9)15-6-4-12(26-15)8-21-17(24)18(25)22-11-3-5-14(20)13(19)7-11/h3-7H,8H2,1-2H3,(H,21,24)(H,22,25). The third kappa shape index (κ3) is 4.17. The number of nitrogens with one attached hydrogen (secondary N) is 2. The summed E-state index contributed by atoms with van der Waals surface area (Å²) < 4.78 is 23.9. The molecule has 0 atom stereocenters. The van der Waals surface area contributed by atoms with Gasteiger partial charge in [0.15, 0.2) is 0 Å². The summed E-state index contributed by atoms with van der Waals surface area (Å²) in [5.74, 6) is -0.765. The van der Waals surface area contributed by atoms with E-state index in [-0.39, 0.29) is 17.3 Å². The second-order valence-electron chi connectivity index (χ2n) is 5.73. The first-order valence-electron chi connectivity index (χ1n) is 7.91. The van der Waals surface area contributed by atoms with Gasteiger partial charge in [-0.2, -0.15) is 0 Å². The van der Waals surface area contributed by atoms with Crippen LogP contribution in [0.3, 0.4) is 0 Å². The fourth-order valence-corrected chi connectivity index (χ4v) is 2.63. The summed E-state index contributed by atoms with van der Waals surface area (Å²) in [7, 11) is 0. The molecule has 140 valence electrons. The molecular weight excluding hydrogens is 377 g/mol. The van der Waals surface area contributed by atoms with Crippen molar-refractivity contribution in [3.63, 3.8) is 0 Å². The Hall–Kier alpha value is -3.13. The SMILES string of the molecule is Cc1noc(C)c1-c1ccc(CNC(=O)C(=O)Nc2ccc(F)c(Cl)c2)o1. The maximum absolute atomic E-state index is 13.1. The zero-order valence-corrected chi connectivity index (χ0v) is 15.2. The van der Waals surface area contributed by atoms with Gasteiger partial charge < -0.3 is 19.6 Å². The number of hydrogen-bond acceptors (Lipinski definition) is 5. The van der Waals surface area contributed by atoms with E-state index in [2.05, 4.69) is 15.8 Å². The van der Waals surface area contributed by atoms with Gasteiger partial charge >= 0.3 is 11.8 Å². The molecule has 7 nitrogen and oxygen atoms in total. The molecular formula is C18H15ClFN3O4. The number of rotatable bonds is 4. The maximum Gasteiger partial charge on any atom is 0.313 e. The van der Waals surface area contributed by atoms with Crippen molar-refractivity contribution >= 4 is 29.1 Å². The molecule has 9 heteroatoms. The van der Waals surface area contributed by atoms with E-state index in [1.165, 1.54) is 12.1 Å². The summed E-state index contributed by atoms with van der Waals surface area (Å²) in [4.78, 5) is 23.8. The molecule has 0 saturated heterocycles. The van der Waals surface area contributed by atoms with Gasteiger partial charge in [-0.25, -0.2) is 4.39 Å². The number of benzene rings is 1. The van der Waals surface area contributed by atoms with Crippen molar-refractivity contribution in [2.24, 2.45) is 0 Å². The number of aryl methyl sites for hydroxylation is 2. The molecule has 2 aromatic heterocycles. The maximum atomic E-state index is 13.1. The van der Waals surface area contributed by atoms with Crippen molar-refractivity contribution in [3.8, 4) is 11.3 Å². The van der Waals surface area contributed by atoms with Gasteiger partial charge in [-0.3, -0.25) is 9.59 Å². The molecule has 3 rings (SSSR count). The molecule has 2 N–H and O–H groups in total. The fraction of sp³-hybridized carbons (Fsp3) is 0.167. The molecule has 3 aromatic rings. The summed E-state index contributed by atoms with van der Waals surface area (Å²) in [6, 6.07) is 7.02. The van der Waals surface area contributed by atoms with Gasteiger partial charge in [-0.1, -0.05) is 16.8 Å². The quantitative estimate of drug-likeness (QED) is 0.662. The number of amides is 2. The average molecular weight is 392 g/mol. The minimum absolute atomic E-state index is 0.0137.